The monoisotopic (exact) mass is 394 g/mol. The van der Waals surface area contributed by atoms with Gasteiger partial charge in [0.2, 0.25) is 0 Å². The number of fused-ring (bicyclic) bond motifs is 1. The molecule has 3 fully saturated rings. The Balaban J connectivity index is 1.52. The van der Waals surface area contributed by atoms with Gasteiger partial charge in [0.05, 0.1) is 30.7 Å². The number of hydrogen-bond donors (Lipinski definition) is 0. The number of anilines is 1. The highest BCUT2D eigenvalue weighted by Gasteiger charge is 2.73. The number of methoxy groups -OCH3 is 1. The van der Waals surface area contributed by atoms with Crippen LogP contribution in [0.5, 0.6) is 11.5 Å². The van der Waals surface area contributed by atoms with Gasteiger partial charge in [0.1, 0.15) is 12.7 Å². The lowest BCUT2D eigenvalue weighted by atomic mass is 9.53. The smallest absolute Gasteiger partial charge is 0.307 e. The Hall–Kier alpha value is -2.21. The largest absolute Gasteiger partial charge is 0.493 e. The van der Waals surface area contributed by atoms with Crippen LogP contribution in [0, 0.1) is 5.41 Å². The third-order valence-electron chi connectivity index (χ3n) is 8.65. The molecule has 6 atom stereocenters. The molecule has 6 aliphatic rings. The molecule has 2 saturated heterocycles. The van der Waals surface area contributed by atoms with Crippen molar-refractivity contribution in [2.24, 2.45) is 5.41 Å². The quantitative estimate of drug-likeness (QED) is 0.538. The third-order valence-corrected chi connectivity index (χ3v) is 8.65. The summed E-state index contributed by atoms with van der Waals surface area (Å²) in [6, 6.07) is 5.27. The number of carbonyl (C=O) groups excluding carboxylic acids is 1. The molecule has 0 N–H and O–H groups in total. The van der Waals surface area contributed by atoms with Gasteiger partial charge in [0.25, 0.3) is 0 Å². The van der Waals surface area contributed by atoms with Crippen molar-refractivity contribution >= 4 is 11.7 Å². The van der Waals surface area contributed by atoms with E-state index in [4.69, 9.17) is 14.2 Å². The molecule has 1 aromatic rings. The maximum absolute atomic E-state index is 12.5. The van der Waals surface area contributed by atoms with Gasteiger partial charge in [-0.3, -0.25) is 9.69 Å². The van der Waals surface area contributed by atoms with Crippen LogP contribution in [0.15, 0.2) is 24.3 Å². The molecule has 0 amide bonds. The lowest BCUT2D eigenvalue weighted by Crippen LogP contribution is -2.68. The van der Waals surface area contributed by atoms with Crippen LogP contribution in [0.2, 0.25) is 0 Å². The van der Waals surface area contributed by atoms with Gasteiger partial charge >= 0.3 is 5.97 Å². The summed E-state index contributed by atoms with van der Waals surface area (Å²) in [5, 5.41) is 0. The van der Waals surface area contributed by atoms with Gasteiger partial charge in [-0.15, -0.1) is 0 Å². The second-order valence-corrected chi connectivity index (χ2v) is 9.67. The first-order valence-electron chi connectivity index (χ1n) is 10.8. The van der Waals surface area contributed by atoms with Crippen LogP contribution < -0.4 is 14.4 Å². The van der Waals surface area contributed by atoms with E-state index >= 15 is 0 Å². The molecule has 0 bridgehead atoms. The Kier molecular flexibility index (Phi) is 2.91. The lowest BCUT2D eigenvalue weighted by Gasteiger charge is -2.57. The Morgan fingerprint density at radius 1 is 1.31 bits per heavy atom. The van der Waals surface area contributed by atoms with Crippen molar-refractivity contribution in [2.45, 2.75) is 55.8 Å². The van der Waals surface area contributed by atoms with E-state index in [1.54, 1.807) is 7.11 Å². The van der Waals surface area contributed by atoms with Gasteiger partial charge in [0.15, 0.2) is 11.5 Å². The van der Waals surface area contributed by atoms with Gasteiger partial charge in [-0.1, -0.05) is 18.2 Å². The fourth-order valence-electron chi connectivity index (χ4n) is 7.85. The number of esters is 1. The molecule has 7 rings (SSSR count). The second kappa shape index (κ2) is 5.09. The summed E-state index contributed by atoms with van der Waals surface area (Å²) in [6.45, 7) is 4.94. The maximum Gasteiger partial charge on any atom is 0.307 e. The first kappa shape index (κ1) is 16.6. The summed E-state index contributed by atoms with van der Waals surface area (Å²) < 4.78 is 17.9. The van der Waals surface area contributed by atoms with Crippen LogP contribution in [-0.2, 0) is 14.9 Å². The molecule has 152 valence electrons. The highest BCUT2D eigenvalue weighted by molar-refractivity contribution is 5.80. The van der Waals surface area contributed by atoms with Crippen LogP contribution in [0.4, 0.5) is 5.69 Å². The summed E-state index contributed by atoms with van der Waals surface area (Å²) in [7, 11) is 1.71. The molecule has 1 aliphatic carbocycles. The molecule has 29 heavy (non-hydrogen) atoms. The zero-order valence-electron chi connectivity index (χ0n) is 16.9. The summed E-state index contributed by atoms with van der Waals surface area (Å²) in [5.74, 6) is 1.68. The topological polar surface area (TPSA) is 51.2 Å². The zero-order chi connectivity index (χ0) is 19.5. The minimum atomic E-state index is -0.201. The van der Waals surface area contributed by atoms with E-state index in [2.05, 4.69) is 41.0 Å². The maximum atomic E-state index is 12.5. The molecule has 2 spiro atoms. The number of ether oxygens (including phenoxy) is 3. The molecular formula is C23H26N2O4. The standard InChI is InChI=1S/C23H26N2O4/c1-13-12-28-20-15(27-2)5-4-14-19(20)25(13)16-10-17-22(11-18(26)29-17)6-3-8-24-9-7-23(14,16)21(22)24/h3-6,13,16-17,21H,7-12H2,1-2H3/t13-,16-,17-,21-,22+,23-/m1/s1. The lowest BCUT2D eigenvalue weighted by molar-refractivity contribution is -0.143. The van der Waals surface area contributed by atoms with Gasteiger partial charge in [-0.05, 0) is 31.5 Å². The molecule has 1 saturated carbocycles. The minimum Gasteiger partial charge on any atom is -0.493 e. The van der Waals surface area contributed by atoms with E-state index in [0.29, 0.717) is 25.1 Å². The molecule has 5 heterocycles. The van der Waals surface area contributed by atoms with E-state index in [1.807, 2.05) is 0 Å². The predicted molar refractivity (Wildman–Crippen MR) is 107 cm³/mol. The molecule has 1 aromatic carbocycles. The molecule has 6 nitrogen and oxygen atoms in total. The Morgan fingerprint density at radius 3 is 3.07 bits per heavy atom. The predicted octanol–water partition coefficient (Wildman–Crippen LogP) is 2.25. The molecule has 6 heteroatoms. The van der Waals surface area contributed by atoms with E-state index in [1.165, 1.54) is 11.3 Å². The van der Waals surface area contributed by atoms with Crippen molar-refractivity contribution in [3.8, 4) is 11.5 Å². The highest BCUT2D eigenvalue weighted by Crippen LogP contribution is 2.68. The fourth-order valence-corrected chi connectivity index (χ4v) is 7.85. The SMILES string of the molecule is COc1ccc2c3c1OC[C@@H](C)N3[C@@H]1C[C@H]3OC(=O)C[C@@]34C=CCN3CC[C@@]21[C@H]34. The van der Waals surface area contributed by atoms with Crippen molar-refractivity contribution in [3.05, 3.63) is 29.8 Å². The number of rotatable bonds is 1. The van der Waals surface area contributed by atoms with Crippen molar-refractivity contribution in [3.63, 3.8) is 0 Å². The van der Waals surface area contributed by atoms with Crippen molar-refractivity contribution in [1.29, 1.82) is 0 Å². The summed E-state index contributed by atoms with van der Waals surface area (Å²) >= 11 is 0. The first-order chi connectivity index (χ1) is 14.1. The summed E-state index contributed by atoms with van der Waals surface area (Å²) in [6.07, 6.45) is 7.08. The number of hydrogen-bond acceptors (Lipinski definition) is 6. The average molecular weight is 394 g/mol. The Labute approximate surface area is 170 Å². The number of nitrogens with zero attached hydrogens (tertiary/aromatic N) is 2. The minimum absolute atomic E-state index is 0.00749. The first-order valence-corrected chi connectivity index (χ1v) is 10.8. The zero-order valence-corrected chi connectivity index (χ0v) is 16.9. The molecule has 0 radical (unpaired) electrons. The number of carbonyl (C=O) groups is 1. The molecule has 0 aromatic heterocycles. The second-order valence-electron chi connectivity index (χ2n) is 9.67. The van der Waals surface area contributed by atoms with Gasteiger partial charge < -0.3 is 19.1 Å². The van der Waals surface area contributed by atoms with Crippen LogP contribution in [0.1, 0.15) is 31.7 Å². The van der Waals surface area contributed by atoms with E-state index in [9.17, 15) is 4.79 Å². The van der Waals surface area contributed by atoms with Crippen LogP contribution in [0.3, 0.4) is 0 Å². The normalized spacial score (nSPS) is 43.2. The van der Waals surface area contributed by atoms with Crippen LogP contribution >= 0.6 is 0 Å². The number of benzene rings is 1. The summed E-state index contributed by atoms with van der Waals surface area (Å²) in [4.78, 5) is 17.7. The van der Waals surface area contributed by atoms with Crippen LogP contribution in [0.25, 0.3) is 0 Å². The van der Waals surface area contributed by atoms with Crippen molar-refractivity contribution in [2.75, 3.05) is 31.7 Å². The van der Waals surface area contributed by atoms with E-state index in [0.717, 1.165) is 37.4 Å². The highest BCUT2D eigenvalue weighted by atomic mass is 16.6. The fraction of sp³-hybridized carbons (Fsp3) is 0.609. The van der Waals surface area contributed by atoms with Crippen molar-refractivity contribution in [1.82, 2.24) is 4.90 Å². The van der Waals surface area contributed by atoms with E-state index in [-0.39, 0.29) is 28.9 Å². The van der Waals surface area contributed by atoms with Gasteiger partial charge in [-0.2, -0.15) is 0 Å². The summed E-state index contributed by atoms with van der Waals surface area (Å²) in [5.41, 5.74) is 2.43. The molecular weight excluding hydrogens is 368 g/mol. The van der Waals surface area contributed by atoms with Gasteiger partial charge in [0, 0.05) is 30.5 Å². The average Bonchev–Trinajstić information content (AvgIpc) is 3.35. The van der Waals surface area contributed by atoms with E-state index < -0.39 is 0 Å². The van der Waals surface area contributed by atoms with Crippen LogP contribution in [-0.4, -0.2) is 61.9 Å². The molecule has 5 aliphatic heterocycles. The van der Waals surface area contributed by atoms with Gasteiger partial charge in [-0.25, -0.2) is 0 Å². The Bertz CT molecular complexity index is 976. The Morgan fingerprint density at radius 2 is 2.21 bits per heavy atom. The third kappa shape index (κ3) is 1.66. The molecule has 0 unspecified atom stereocenters. The van der Waals surface area contributed by atoms with Crippen molar-refractivity contribution < 1.29 is 19.0 Å².